The van der Waals surface area contributed by atoms with E-state index in [1.165, 1.54) is 66.3 Å². The first-order valence-corrected chi connectivity index (χ1v) is 25.8. The Morgan fingerprint density at radius 1 is 0.200 bits per heavy atom. The third kappa shape index (κ3) is 6.01. The summed E-state index contributed by atoms with van der Waals surface area (Å²) in [5.74, 6) is 0. The molecule has 11 aromatic carbocycles. The van der Waals surface area contributed by atoms with Gasteiger partial charge >= 0.3 is 0 Å². The molecule has 5 heteroatoms. The van der Waals surface area contributed by atoms with E-state index in [9.17, 15) is 0 Å². The molecule has 2 aliphatic rings. The summed E-state index contributed by atoms with van der Waals surface area (Å²) < 4.78 is 7.51. The van der Waals surface area contributed by atoms with Crippen LogP contribution in [0.15, 0.2) is 273 Å². The Bertz CT molecular complexity index is 4320. The van der Waals surface area contributed by atoms with Crippen molar-refractivity contribution < 1.29 is 0 Å². The average molecular weight is 956 g/mol. The van der Waals surface area contributed by atoms with Crippen LogP contribution in [0.3, 0.4) is 0 Å². The lowest BCUT2D eigenvalue weighted by atomic mass is 9.98. The van der Waals surface area contributed by atoms with Gasteiger partial charge in [0.15, 0.2) is 0 Å². The second-order valence-electron chi connectivity index (χ2n) is 19.6. The molecule has 350 valence electrons. The van der Waals surface area contributed by atoms with Crippen LogP contribution < -0.4 is 9.80 Å². The molecule has 2 aliphatic heterocycles. The van der Waals surface area contributed by atoms with E-state index in [-0.39, 0.29) is 0 Å². The van der Waals surface area contributed by atoms with Crippen molar-refractivity contribution in [1.82, 2.24) is 13.7 Å². The van der Waals surface area contributed by atoms with Crippen LogP contribution in [0, 0.1) is 0 Å². The van der Waals surface area contributed by atoms with Crippen LogP contribution in [0.2, 0.25) is 0 Å². The van der Waals surface area contributed by atoms with E-state index in [1.807, 2.05) is 0 Å². The molecule has 3 aromatic heterocycles. The molecule has 0 spiro atoms. The Kier molecular flexibility index (Phi) is 8.97. The fraction of sp³-hybridized carbons (Fsp3) is 0. The molecule has 0 bridgehead atoms. The number of anilines is 6. The molecule has 0 amide bonds. The normalized spacial score (nSPS) is 12.5. The minimum absolute atomic E-state index is 1.10. The minimum atomic E-state index is 1.10. The first-order chi connectivity index (χ1) is 37.3. The van der Waals surface area contributed by atoms with Gasteiger partial charge in [-0.2, -0.15) is 0 Å². The van der Waals surface area contributed by atoms with Gasteiger partial charge in [-0.05, 0) is 97.1 Å². The summed E-state index contributed by atoms with van der Waals surface area (Å²) in [6, 6.07) is 100. The van der Waals surface area contributed by atoms with Gasteiger partial charge in [-0.15, -0.1) is 0 Å². The molecule has 0 saturated heterocycles. The molecule has 16 rings (SSSR count). The van der Waals surface area contributed by atoms with Gasteiger partial charge in [0.1, 0.15) is 0 Å². The van der Waals surface area contributed by atoms with Gasteiger partial charge in [-0.1, -0.05) is 176 Å². The number of rotatable bonds is 5. The quantitative estimate of drug-likeness (QED) is 0.171. The maximum atomic E-state index is 2.52. The second-order valence-corrected chi connectivity index (χ2v) is 19.6. The first-order valence-electron chi connectivity index (χ1n) is 25.8. The zero-order valence-electron chi connectivity index (χ0n) is 40.7. The molecule has 14 aromatic rings. The number of nitrogens with zero attached hydrogens (tertiary/aromatic N) is 5. The van der Waals surface area contributed by atoms with Crippen molar-refractivity contribution in [3.63, 3.8) is 0 Å². The van der Waals surface area contributed by atoms with E-state index >= 15 is 0 Å². The molecule has 75 heavy (non-hydrogen) atoms. The number of benzene rings is 11. The van der Waals surface area contributed by atoms with Crippen molar-refractivity contribution in [3.8, 4) is 61.8 Å². The highest BCUT2D eigenvalue weighted by molar-refractivity contribution is 6.16. The van der Waals surface area contributed by atoms with Crippen LogP contribution >= 0.6 is 0 Å². The van der Waals surface area contributed by atoms with Crippen LogP contribution in [0.5, 0.6) is 0 Å². The molecule has 0 saturated carbocycles. The number of para-hydroxylation sites is 9. The van der Waals surface area contributed by atoms with Crippen LogP contribution in [0.1, 0.15) is 0 Å². The second kappa shape index (κ2) is 16.2. The Balaban J connectivity index is 0.965. The number of hydrogen-bond acceptors (Lipinski definition) is 2. The monoisotopic (exact) mass is 955 g/mol. The summed E-state index contributed by atoms with van der Waals surface area (Å²) in [5, 5.41) is 4.82. The molecule has 0 radical (unpaired) electrons. The number of aromatic nitrogens is 3. The van der Waals surface area contributed by atoms with Gasteiger partial charge < -0.3 is 23.5 Å². The van der Waals surface area contributed by atoms with Crippen LogP contribution in [-0.4, -0.2) is 13.7 Å². The lowest BCUT2D eigenvalue weighted by molar-refractivity contribution is 1.12. The number of hydrogen-bond donors (Lipinski definition) is 0. The first kappa shape index (κ1) is 41.5. The highest BCUT2D eigenvalue weighted by Gasteiger charge is 2.33. The van der Waals surface area contributed by atoms with Crippen molar-refractivity contribution in [2.24, 2.45) is 0 Å². The topological polar surface area (TPSA) is 21.3 Å². The molecule has 5 nitrogen and oxygen atoms in total. The Hall–Kier alpha value is -10.1. The van der Waals surface area contributed by atoms with Gasteiger partial charge in [0.2, 0.25) is 0 Å². The van der Waals surface area contributed by atoms with E-state index in [2.05, 4.69) is 296 Å². The molecule has 0 aliphatic carbocycles. The predicted molar refractivity (Wildman–Crippen MR) is 313 cm³/mol. The summed E-state index contributed by atoms with van der Waals surface area (Å²) in [4.78, 5) is 4.86. The highest BCUT2D eigenvalue weighted by atomic mass is 15.2. The molecular formula is C70H45N5. The summed E-state index contributed by atoms with van der Waals surface area (Å²) in [6.45, 7) is 0. The van der Waals surface area contributed by atoms with Crippen molar-refractivity contribution >= 4 is 77.7 Å². The Morgan fingerprint density at radius 3 is 0.960 bits per heavy atom. The predicted octanol–water partition coefficient (Wildman–Crippen LogP) is 18.9. The molecule has 0 fully saturated rings. The maximum Gasteiger partial charge on any atom is 0.0641 e. The van der Waals surface area contributed by atoms with Gasteiger partial charge in [-0.25, -0.2) is 0 Å². The zero-order valence-corrected chi connectivity index (χ0v) is 40.7. The lowest BCUT2D eigenvalue weighted by Gasteiger charge is -2.27. The third-order valence-electron chi connectivity index (χ3n) is 15.7. The van der Waals surface area contributed by atoms with E-state index in [0.717, 1.165) is 73.3 Å². The number of fused-ring (bicyclic) bond motifs is 17. The largest absolute Gasteiger partial charge is 0.309 e. The SMILES string of the molecule is c1ccc(N2c3ccccc3-c3c(n(-c4ccc5c6ccc(-n7c8c(c9ccccc97)-c7ccccc7N(c7ccccc7)c7ccccc7-8)cc6n(-c6ccccc6)c5c4)c4ccccc34)-c3ccccc32)cc1. The fourth-order valence-corrected chi connectivity index (χ4v) is 12.7. The van der Waals surface area contributed by atoms with Gasteiger partial charge in [0.25, 0.3) is 0 Å². The Labute approximate surface area is 433 Å². The summed E-state index contributed by atoms with van der Waals surface area (Å²) in [5.41, 5.74) is 24.3. The standard InChI is InChI=1S/C70H45N5/c1-4-22-46(23-5-1)71-59-34-16-10-28-53(59)67-55-30-12-18-36-61(55)74(69(67)57-32-14-20-38-63(57)71)49-40-42-51-52-43-41-50(45-66(52)73(65(51)44-49)48-26-8-3-9-27-48)75-62-37-19-13-31-56(62)68-54-29-11-17-35-60(54)72(47-24-6-2-7-25-47)64-39-21-15-33-58(64)70(68)75/h1-45H. The minimum Gasteiger partial charge on any atom is -0.309 e. The van der Waals surface area contributed by atoms with Crippen molar-refractivity contribution in [2.45, 2.75) is 0 Å². The van der Waals surface area contributed by atoms with Crippen molar-refractivity contribution in [2.75, 3.05) is 9.80 Å². The van der Waals surface area contributed by atoms with Gasteiger partial charge in [-0.3, -0.25) is 0 Å². The summed E-state index contributed by atoms with van der Waals surface area (Å²) >= 11 is 0. The summed E-state index contributed by atoms with van der Waals surface area (Å²) in [6.07, 6.45) is 0. The molecule has 0 unspecified atom stereocenters. The molecule has 0 atom stereocenters. The fourth-order valence-electron chi connectivity index (χ4n) is 12.7. The highest BCUT2D eigenvalue weighted by Crippen LogP contribution is 2.56. The van der Waals surface area contributed by atoms with E-state index in [1.54, 1.807) is 0 Å². The zero-order chi connectivity index (χ0) is 49.1. The third-order valence-corrected chi connectivity index (χ3v) is 15.7. The average Bonchev–Trinajstić information content (AvgIpc) is 4.13. The van der Waals surface area contributed by atoms with Crippen LogP contribution in [-0.2, 0) is 0 Å². The van der Waals surface area contributed by atoms with Crippen molar-refractivity contribution in [3.05, 3.63) is 273 Å². The molecular weight excluding hydrogens is 911 g/mol. The molecule has 0 N–H and O–H groups in total. The maximum absolute atomic E-state index is 2.52. The lowest BCUT2D eigenvalue weighted by Crippen LogP contribution is -2.11. The van der Waals surface area contributed by atoms with Gasteiger partial charge in [0, 0.05) is 83.4 Å². The Morgan fingerprint density at radius 2 is 0.533 bits per heavy atom. The van der Waals surface area contributed by atoms with E-state index in [0.29, 0.717) is 0 Å². The smallest absolute Gasteiger partial charge is 0.0641 e. The van der Waals surface area contributed by atoms with E-state index in [4.69, 9.17) is 0 Å². The van der Waals surface area contributed by atoms with Crippen molar-refractivity contribution in [1.29, 1.82) is 0 Å². The van der Waals surface area contributed by atoms with Crippen LogP contribution in [0.4, 0.5) is 34.1 Å². The van der Waals surface area contributed by atoms with Gasteiger partial charge in [0.05, 0.1) is 56.2 Å². The van der Waals surface area contributed by atoms with E-state index < -0.39 is 0 Å². The van der Waals surface area contributed by atoms with Crippen LogP contribution in [0.25, 0.3) is 105 Å². The summed E-state index contributed by atoms with van der Waals surface area (Å²) in [7, 11) is 0. The molecule has 5 heterocycles.